The van der Waals surface area contributed by atoms with Gasteiger partial charge in [0.1, 0.15) is 0 Å². The van der Waals surface area contributed by atoms with Crippen molar-refractivity contribution in [2.45, 2.75) is 67.2 Å². The summed E-state index contributed by atoms with van der Waals surface area (Å²) < 4.78 is 36.0. The Bertz CT molecular complexity index is 1340. The van der Waals surface area contributed by atoms with E-state index in [0.717, 1.165) is 106 Å². The molecule has 0 radical (unpaired) electrons. The third-order valence-electron chi connectivity index (χ3n) is 7.13. The van der Waals surface area contributed by atoms with E-state index in [1.807, 2.05) is 65.8 Å². The minimum Gasteiger partial charge on any atom is -0.491 e. The first-order chi connectivity index (χ1) is 21.1. The lowest BCUT2D eigenvalue weighted by Gasteiger charge is -2.13. The number of nitrogens with one attached hydrogen (secondary N) is 3. The molecule has 0 fully saturated rings. The van der Waals surface area contributed by atoms with Gasteiger partial charge in [0.15, 0.2) is 34.5 Å². The number of fused-ring (bicyclic) bond motifs is 2. The van der Waals surface area contributed by atoms with E-state index in [9.17, 15) is 0 Å². The monoisotopic (exact) mass is 595 g/mol. The van der Waals surface area contributed by atoms with Crippen molar-refractivity contribution in [2.24, 2.45) is 0 Å². The molecule has 0 aliphatic heterocycles. The lowest BCUT2D eigenvalue weighted by molar-refractivity contribution is 0.289. The summed E-state index contributed by atoms with van der Waals surface area (Å²) in [6.45, 7) is 17.2. The number of aromatic amines is 2. The van der Waals surface area contributed by atoms with Gasteiger partial charge in [0.2, 0.25) is 0 Å². The summed E-state index contributed by atoms with van der Waals surface area (Å²) in [6.07, 6.45) is 3.68. The highest BCUT2D eigenvalue weighted by atomic mass is 16.5. The summed E-state index contributed by atoms with van der Waals surface area (Å²) >= 11 is 0. The number of hydrogen-bond acceptors (Lipinski definition) is 7. The maximum atomic E-state index is 6.14. The maximum Gasteiger partial charge on any atom is 0.174 e. The summed E-state index contributed by atoms with van der Waals surface area (Å²) in [5, 5.41) is 5.53. The molecule has 0 bridgehead atoms. The Morgan fingerprint density at radius 3 is 1.23 bits per heavy atom. The molecule has 0 atom stereocenters. The van der Waals surface area contributed by atoms with Crippen molar-refractivity contribution < 1.29 is 28.4 Å². The molecule has 43 heavy (non-hydrogen) atoms. The summed E-state index contributed by atoms with van der Waals surface area (Å²) in [5.41, 5.74) is 4.18. The Hall–Kier alpha value is -3.72. The first-order valence-electron chi connectivity index (χ1n) is 15.9. The van der Waals surface area contributed by atoms with E-state index in [-0.39, 0.29) is 0 Å². The summed E-state index contributed by atoms with van der Waals surface area (Å²) in [6, 6.07) is 8.02. The fourth-order valence-corrected chi connectivity index (χ4v) is 5.50. The molecule has 3 N–H and O–H groups in total. The third-order valence-corrected chi connectivity index (χ3v) is 7.13. The highest BCUT2D eigenvalue weighted by Gasteiger charge is 2.22. The van der Waals surface area contributed by atoms with Crippen molar-refractivity contribution in [3.8, 4) is 34.5 Å². The van der Waals surface area contributed by atoms with E-state index in [4.69, 9.17) is 28.4 Å². The summed E-state index contributed by atoms with van der Waals surface area (Å²) in [5.74, 6) is 4.72. The van der Waals surface area contributed by atoms with Crippen LogP contribution in [0.5, 0.6) is 34.5 Å². The minimum absolute atomic E-state index is 0.557. The highest BCUT2D eigenvalue weighted by molar-refractivity contribution is 5.96. The number of ether oxygens (including phenoxy) is 6. The van der Waals surface area contributed by atoms with Crippen LogP contribution in [0.2, 0.25) is 0 Å². The van der Waals surface area contributed by atoms with Gasteiger partial charge in [-0.25, -0.2) is 0 Å². The van der Waals surface area contributed by atoms with Gasteiger partial charge in [0, 0.05) is 0 Å². The zero-order valence-electron chi connectivity index (χ0n) is 26.7. The summed E-state index contributed by atoms with van der Waals surface area (Å²) in [7, 11) is 0. The first-order valence-corrected chi connectivity index (χ1v) is 15.9. The number of benzene rings is 2. The number of aromatic nitrogens is 2. The fourth-order valence-electron chi connectivity index (χ4n) is 5.50. The van der Waals surface area contributed by atoms with Crippen LogP contribution in [-0.2, 0) is 12.8 Å². The van der Waals surface area contributed by atoms with Gasteiger partial charge in [0.05, 0.1) is 72.8 Å². The Labute approximate surface area is 255 Å². The van der Waals surface area contributed by atoms with Crippen LogP contribution in [0.15, 0.2) is 24.3 Å². The molecule has 4 rings (SSSR count). The quantitative estimate of drug-likeness (QED) is 0.0930. The van der Waals surface area contributed by atoms with E-state index in [1.165, 1.54) is 0 Å². The highest BCUT2D eigenvalue weighted by Crippen LogP contribution is 2.44. The van der Waals surface area contributed by atoms with Crippen LogP contribution in [0.1, 0.15) is 65.8 Å². The zero-order chi connectivity index (χ0) is 30.6. The Kier molecular flexibility index (Phi) is 12.1. The maximum absolute atomic E-state index is 6.14. The van der Waals surface area contributed by atoms with E-state index in [2.05, 4.69) is 15.3 Å². The molecule has 0 saturated heterocycles. The van der Waals surface area contributed by atoms with Crippen molar-refractivity contribution in [3.05, 3.63) is 35.7 Å². The van der Waals surface area contributed by atoms with Crippen LogP contribution in [0, 0.1) is 0 Å². The van der Waals surface area contributed by atoms with E-state index in [0.29, 0.717) is 39.6 Å². The molecule has 2 heterocycles. The lowest BCUT2D eigenvalue weighted by atomic mass is 10.1. The molecule has 2 aromatic heterocycles. The molecule has 0 spiro atoms. The smallest absolute Gasteiger partial charge is 0.174 e. The molecule has 0 unspecified atom stereocenters. The first kappa shape index (κ1) is 32.2. The van der Waals surface area contributed by atoms with Gasteiger partial charge >= 0.3 is 0 Å². The van der Waals surface area contributed by atoms with Gasteiger partial charge in [-0.1, -0.05) is 0 Å². The van der Waals surface area contributed by atoms with Gasteiger partial charge < -0.3 is 43.7 Å². The van der Waals surface area contributed by atoms with Crippen LogP contribution < -0.4 is 33.7 Å². The predicted molar refractivity (Wildman–Crippen MR) is 173 cm³/mol. The number of rotatable bonds is 20. The van der Waals surface area contributed by atoms with Crippen LogP contribution in [0.4, 0.5) is 0 Å². The Balaban J connectivity index is 1.38. The topological polar surface area (TPSA) is 99.0 Å². The predicted octanol–water partition coefficient (Wildman–Crippen LogP) is 7.20. The molecular weight excluding hydrogens is 546 g/mol. The normalized spacial score (nSPS) is 11.3. The average Bonchev–Trinajstić information content (AvgIpc) is 3.53. The second kappa shape index (κ2) is 16.2. The molecule has 236 valence electrons. The largest absolute Gasteiger partial charge is 0.491 e. The third kappa shape index (κ3) is 7.44. The molecule has 0 amide bonds. The second-order valence-corrected chi connectivity index (χ2v) is 10.1. The van der Waals surface area contributed by atoms with Gasteiger partial charge in [-0.15, -0.1) is 0 Å². The van der Waals surface area contributed by atoms with E-state index < -0.39 is 0 Å². The molecule has 4 aromatic rings. The van der Waals surface area contributed by atoms with Crippen molar-refractivity contribution in [1.29, 1.82) is 0 Å². The number of H-pyrrole nitrogens is 2. The molecule has 0 aliphatic carbocycles. The molecule has 2 aromatic carbocycles. The van der Waals surface area contributed by atoms with Gasteiger partial charge in [-0.3, -0.25) is 0 Å². The van der Waals surface area contributed by atoms with Crippen molar-refractivity contribution >= 4 is 21.8 Å². The Morgan fingerprint density at radius 2 is 0.860 bits per heavy atom. The standard InChI is InChI=1S/C34H49N3O6/c1-7-38-27-19-17-23-29(33(27)42-11-5)31(40-9-3)25(36-23)15-13-21-35-22-14-16-26-32(41-10-4)30-24(37-26)18-20-28(39-8-2)34(30)43-12-6/h17-20,35-37H,7-16,21-22H2,1-6H3. The number of aryl methyl sites for hydroxylation is 2. The van der Waals surface area contributed by atoms with Crippen LogP contribution >= 0.6 is 0 Å². The minimum atomic E-state index is 0.557. The molecule has 0 saturated carbocycles. The lowest BCUT2D eigenvalue weighted by Crippen LogP contribution is -2.18. The van der Waals surface area contributed by atoms with Crippen LogP contribution in [0.3, 0.4) is 0 Å². The van der Waals surface area contributed by atoms with Crippen LogP contribution in [-0.4, -0.2) is 62.7 Å². The zero-order valence-corrected chi connectivity index (χ0v) is 26.7. The van der Waals surface area contributed by atoms with Gasteiger partial charge in [-0.05, 0) is 105 Å². The van der Waals surface area contributed by atoms with Crippen molar-refractivity contribution in [3.63, 3.8) is 0 Å². The van der Waals surface area contributed by atoms with Crippen molar-refractivity contribution in [1.82, 2.24) is 15.3 Å². The fraction of sp³-hybridized carbons (Fsp3) is 0.529. The van der Waals surface area contributed by atoms with E-state index >= 15 is 0 Å². The van der Waals surface area contributed by atoms with E-state index in [1.54, 1.807) is 0 Å². The number of hydrogen-bond donors (Lipinski definition) is 3. The van der Waals surface area contributed by atoms with Gasteiger partial charge in [-0.2, -0.15) is 0 Å². The van der Waals surface area contributed by atoms with Gasteiger partial charge in [0.25, 0.3) is 0 Å². The molecule has 9 heteroatoms. The Morgan fingerprint density at radius 1 is 0.488 bits per heavy atom. The second-order valence-electron chi connectivity index (χ2n) is 10.1. The average molecular weight is 596 g/mol. The molecule has 9 nitrogen and oxygen atoms in total. The van der Waals surface area contributed by atoms with Crippen LogP contribution in [0.25, 0.3) is 21.8 Å². The van der Waals surface area contributed by atoms with Crippen molar-refractivity contribution in [2.75, 3.05) is 52.7 Å². The molecule has 0 aliphatic rings. The summed E-state index contributed by atoms with van der Waals surface area (Å²) in [4.78, 5) is 7.14. The SMILES string of the molecule is CCOc1ccc2[nH]c(CCCNCCCc3[nH]c4ccc(OCC)c(OCC)c4c3OCC)c(OCC)c2c1OCC. The molecular formula is C34H49N3O6.